The topological polar surface area (TPSA) is 52.6 Å². The first-order valence-corrected chi connectivity index (χ1v) is 5.40. The SMILES string of the molecule is COC(=O)Cc1ccc(CCOC(C)=O)cc1. The van der Waals surface area contributed by atoms with Crippen LogP contribution in [0.1, 0.15) is 18.1 Å². The minimum Gasteiger partial charge on any atom is -0.469 e. The van der Waals surface area contributed by atoms with Gasteiger partial charge in [0.25, 0.3) is 0 Å². The van der Waals surface area contributed by atoms with Crippen LogP contribution in [0.3, 0.4) is 0 Å². The Hall–Kier alpha value is -1.84. The minimum atomic E-state index is -0.271. The molecule has 0 aromatic heterocycles. The summed E-state index contributed by atoms with van der Waals surface area (Å²) >= 11 is 0. The third kappa shape index (κ3) is 5.15. The maximum atomic E-state index is 11.0. The fourth-order valence-corrected chi connectivity index (χ4v) is 1.38. The van der Waals surface area contributed by atoms with Crippen molar-refractivity contribution in [1.29, 1.82) is 0 Å². The Kier molecular flexibility index (Phi) is 5.20. The molecule has 0 atom stereocenters. The predicted octanol–water partition coefficient (Wildman–Crippen LogP) is 1.51. The normalized spacial score (nSPS) is 9.76. The van der Waals surface area contributed by atoms with E-state index in [1.807, 2.05) is 24.3 Å². The largest absolute Gasteiger partial charge is 0.469 e. The van der Waals surface area contributed by atoms with Gasteiger partial charge in [-0.15, -0.1) is 0 Å². The summed E-state index contributed by atoms with van der Waals surface area (Å²) in [7, 11) is 1.37. The van der Waals surface area contributed by atoms with Crippen LogP contribution in [-0.2, 0) is 31.9 Å². The number of benzene rings is 1. The van der Waals surface area contributed by atoms with E-state index in [0.717, 1.165) is 11.1 Å². The zero-order chi connectivity index (χ0) is 12.7. The zero-order valence-corrected chi connectivity index (χ0v) is 10.1. The van der Waals surface area contributed by atoms with Gasteiger partial charge in [-0.3, -0.25) is 9.59 Å². The van der Waals surface area contributed by atoms with Gasteiger partial charge < -0.3 is 9.47 Å². The second kappa shape index (κ2) is 6.68. The van der Waals surface area contributed by atoms with Crippen LogP contribution in [0.25, 0.3) is 0 Å². The molecule has 0 heterocycles. The van der Waals surface area contributed by atoms with Crippen molar-refractivity contribution in [3.05, 3.63) is 35.4 Å². The van der Waals surface area contributed by atoms with Crippen molar-refractivity contribution in [3.8, 4) is 0 Å². The molecule has 0 aliphatic rings. The number of esters is 2. The Morgan fingerprint density at radius 1 is 1.12 bits per heavy atom. The summed E-state index contributed by atoms with van der Waals surface area (Å²) in [4.78, 5) is 21.6. The third-order valence-corrected chi connectivity index (χ3v) is 2.30. The number of methoxy groups -OCH3 is 1. The van der Waals surface area contributed by atoms with Crippen LogP contribution < -0.4 is 0 Å². The molecule has 0 aliphatic heterocycles. The number of carbonyl (C=O) groups is 2. The van der Waals surface area contributed by atoms with Crippen LogP contribution in [0.5, 0.6) is 0 Å². The molecule has 0 amide bonds. The van der Waals surface area contributed by atoms with Gasteiger partial charge in [-0.05, 0) is 11.1 Å². The Morgan fingerprint density at radius 3 is 2.24 bits per heavy atom. The first-order chi connectivity index (χ1) is 8.11. The molecule has 92 valence electrons. The lowest BCUT2D eigenvalue weighted by Gasteiger charge is -2.04. The molecular formula is C13H16O4. The molecule has 0 fully saturated rings. The molecule has 0 radical (unpaired) electrons. The molecule has 1 rings (SSSR count). The Balaban J connectivity index is 2.44. The summed E-state index contributed by atoms with van der Waals surface area (Å²) in [5.41, 5.74) is 1.98. The lowest BCUT2D eigenvalue weighted by molar-refractivity contribution is -0.141. The van der Waals surface area contributed by atoms with Crippen LogP contribution in [0.4, 0.5) is 0 Å². The average molecular weight is 236 g/mol. The van der Waals surface area contributed by atoms with Crippen molar-refractivity contribution in [2.24, 2.45) is 0 Å². The second-order valence-electron chi connectivity index (χ2n) is 3.66. The average Bonchev–Trinajstić information content (AvgIpc) is 2.31. The van der Waals surface area contributed by atoms with E-state index in [-0.39, 0.29) is 18.4 Å². The highest BCUT2D eigenvalue weighted by Gasteiger charge is 2.02. The van der Waals surface area contributed by atoms with E-state index >= 15 is 0 Å². The van der Waals surface area contributed by atoms with Gasteiger partial charge in [0.15, 0.2) is 0 Å². The summed E-state index contributed by atoms with van der Waals surface area (Å²) in [5, 5.41) is 0. The van der Waals surface area contributed by atoms with Gasteiger partial charge in [-0.25, -0.2) is 0 Å². The van der Waals surface area contributed by atoms with Crippen LogP contribution in [0, 0.1) is 0 Å². The summed E-state index contributed by atoms with van der Waals surface area (Å²) in [5.74, 6) is -0.523. The molecule has 0 spiro atoms. The van der Waals surface area contributed by atoms with Crippen LogP contribution in [0.2, 0.25) is 0 Å². The highest BCUT2D eigenvalue weighted by atomic mass is 16.5. The third-order valence-electron chi connectivity index (χ3n) is 2.30. The molecule has 0 bridgehead atoms. The molecule has 0 N–H and O–H groups in total. The van der Waals surface area contributed by atoms with Gasteiger partial charge in [-0.1, -0.05) is 24.3 Å². The number of ether oxygens (including phenoxy) is 2. The quantitative estimate of drug-likeness (QED) is 0.727. The molecular weight excluding hydrogens is 220 g/mol. The van der Waals surface area contributed by atoms with Crippen molar-refractivity contribution in [3.63, 3.8) is 0 Å². The Labute approximate surface area is 101 Å². The van der Waals surface area contributed by atoms with Crippen molar-refractivity contribution in [1.82, 2.24) is 0 Å². The number of rotatable bonds is 5. The van der Waals surface area contributed by atoms with Gasteiger partial charge >= 0.3 is 11.9 Å². The van der Waals surface area contributed by atoms with E-state index in [1.165, 1.54) is 14.0 Å². The first-order valence-electron chi connectivity index (χ1n) is 5.40. The monoisotopic (exact) mass is 236 g/mol. The van der Waals surface area contributed by atoms with Crippen molar-refractivity contribution in [2.45, 2.75) is 19.8 Å². The summed E-state index contributed by atoms with van der Waals surface area (Å²) in [6.45, 7) is 1.77. The molecule has 4 nitrogen and oxygen atoms in total. The number of hydrogen-bond donors (Lipinski definition) is 0. The summed E-state index contributed by atoms with van der Waals surface area (Å²) in [6.07, 6.45) is 0.957. The van der Waals surface area contributed by atoms with E-state index < -0.39 is 0 Å². The number of hydrogen-bond acceptors (Lipinski definition) is 4. The van der Waals surface area contributed by atoms with Gasteiger partial charge in [-0.2, -0.15) is 0 Å². The summed E-state index contributed by atoms with van der Waals surface area (Å²) in [6, 6.07) is 7.59. The Bertz CT molecular complexity index is 381. The van der Waals surface area contributed by atoms with E-state index in [2.05, 4.69) is 4.74 Å². The van der Waals surface area contributed by atoms with Gasteiger partial charge in [0, 0.05) is 13.3 Å². The molecule has 4 heteroatoms. The van der Waals surface area contributed by atoms with Crippen molar-refractivity contribution in [2.75, 3.05) is 13.7 Å². The van der Waals surface area contributed by atoms with E-state index in [9.17, 15) is 9.59 Å². The maximum absolute atomic E-state index is 11.0. The zero-order valence-electron chi connectivity index (χ0n) is 10.1. The highest BCUT2D eigenvalue weighted by Crippen LogP contribution is 2.06. The fraction of sp³-hybridized carbons (Fsp3) is 0.385. The highest BCUT2D eigenvalue weighted by molar-refractivity contribution is 5.72. The van der Waals surface area contributed by atoms with Gasteiger partial charge in [0.2, 0.25) is 0 Å². The maximum Gasteiger partial charge on any atom is 0.309 e. The molecule has 0 saturated carbocycles. The summed E-state index contributed by atoms with van der Waals surface area (Å²) < 4.78 is 9.42. The van der Waals surface area contributed by atoms with Crippen molar-refractivity contribution < 1.29 is 19.1 Å². The Morgan fingerprint density at radius 2 is 1.71 bits per heavy atom. The van der Waals surface area contributed by atoms with Crippen LogP contribution >= 0.6 is 0 Å². The molecule has 0 saturated heterocycles. The van der Waals surface area contributed by atoms with Gasteiger partial charge in [0.05, 0.1) is 20.1 Å². The predicted molar refractivity (Wildman–Crippen MR) is 62.5 cm³/mol. The van der Waals surface area contributed by atoms with Crippen molar-refractivity contribution >= 4 is 11.9 Å². The van der Waals surface area contributed by atoms with E-state index in [0.29, 0.717) is 13.0 Å². The van der Waals surface area contributed by atoms with Crippen LogP contribution in [0.15, 0.2) is 24.3 Å². The molecule has 1 aromatic rings. The standard InChI is InChI=1S/C13H16O4/c1-10(14)17-8-7-11-3-5-12(6-4-11)9-13(15)16-2/h3-6H,7-9H2,1-2H3. The van der Waals surface area contributed by atoms with E-state index in [1.54, 1.807) is 0 Å². The lowest BCUT2D eigenvalue weighted by atomic mass is 10.1. The second-order valence-corrected chi connectivity index (χ2v) is 3.66. The first kappa shape index (κ1) is 13.2. The van der Waals surface area contributed by atoms with E-state index in [4.69, 9.17) is 4.74 Å². The van der Waals surface area contributed by atoms with Crippen LogP contribution in [-0.4, -0.2) is 25.7 Å². The molecule has 17 heavy (non-hydrogen) atoms. The number of carbonyl (C=O) groups excluding carboxylic acids is 2. The minimum absolute atomic E-state index is 0.252. The molecule has 0 aliphatic carbocycles. The fourth-order valence-electron chi connectivity index (χ4n) is 1.38. The molecule has 1 aromatic carbocycles. The van der Waals surface area contributed by atoms with Gasteiger partial charge in [0.1, 0.15) is 0 Å². The molecule has 0 unspecified atom stereocenters. The smallest absolute Gasteiger partial charge is 0.309 e. The lowest BCUT2D eigenvalue weighted by Crippen LogP contribution is -2.05.